The Morgan fingerprint density at radius 1 is 0.957 bits per heavy atom. The number of fused-ring (bicyclic) bond motifs is 3. The maximum atomic E-state index is 13.3. The van der Waals surface area contributed by atoms with Crippen molar-refractivity contribution in [3.63, 3.8) is 0 Å². The highest BCUT2D eigenvalue weighted by molar-refractivity contribution is 7.16. The van der Waals surface area contributed by atoms with E-state index in [1.165, 1.54) is 11.3 Å². The number of thiazole rings is 2. The monoisotopic (exact) mass is 674 g/mol. The number of benzene rings is 1. The molecule has 3 heterocycles. The van der Waals surface area contributed by atoms with Gasteiger partial charge in [-0.05, 0) is 76.5 Å². The van der Waals surface area contributed by atoms with E-state index < -0.39 is 11.8 Å². The number of nitrogens with one attached hydrogen (secondary N) is 1. The van der Waals surface area contributed by atoms with Crippen molar-refractivity contribution in [1.82, 2.24) is 14.9 Å². The molecule has 2 aromatic heterocycles. The fourth-order valence-electron chi connectivity index (χ4n) is 5.86. The van der Waals surface area contributed by atoms with Gasteiger partial charge in [0.15, 0.2) is 16.6 Å². The Bertz CT molecular complexity index is 1860. The SMILES string of the molecule is COc1ccc2c(c1)CCC(C(=O)c1nc3c(s1)C(=O)CC(=NCCCN(C)CCCN=C1CC(=O)c4sc(C)nc4C1=O)C3=O)N2. The summed E-state index contributed by atoms with van der Waals surface area (Å²) in [5, 5.41) is 4.12. The van der Waals surface area contributed by atoms with Crippen molar-refractivity contribution in [1.29, 1.82) is 0 Å². The number of aryl methyl sites for hydroxylation is 2. The summed E-state index contributed by atoms with van der Waals surface area (Å²) < 4.78 is 5.29. The Balaban J connectivity index is 0.976. The van der Waals surface area contributed by atoms with Crippen molar-refractivity contribution in [2.45, 2.75) is 51.5 Å². The smallest absolute Gasteiger partial charge is 0.227 e. The lowest BCUT2D eigenvalue weighted by atomic mass is 9.95. The molecule has 0 saturated carbocycles. The van der Waals surface area contributed by atoms with Crippen molar-refractivity contribution in [2.24, 2.45) is 9.98 Å². The van der Waals surface area contributed by atoms with Gasteiger partial charge in [-0.3, -0.25) is 34.0 Å². The van der Waals surface area contributed by atoms with Crippen molar-refractivity contribution in [3.05, 3.63) is 54.9 Å². The van der Waals surface area contributed by atoms with Crippen LogP contribution in [0.1, 0.15) is 92.8 Å². The van der Waals surface area contributed by atoms with Gasteiger partial charge >= 0.3 is 0 Å². The van der Waals surface area contributed by atoms with Gasteiger partial charge in [0.2, 0.25) is 17.3 Å². The first-order chi connectivity index (χ1) is 22.6. The van der Waals surface area contributed by atoms with Gasteiger partial charge in [0.25, 0.3) is 0 Å². The molecule has 3 aliphatic rings. The molecule has 0 spiro atoms. The van der Waals surface area contributed by atoms with E-state index in [9.17, 15) is 24.0 Å². The van der Waals surface area contributed by atoms with E-state index in [0.29, 0.717) is 55.2 Å². The van der Waals surface area contributed by atoms with Gasteiger partial charge in [-0.25, -0.2) is 9.97 Å². The van der Waals surface area contributed by atoms with Gasteiger partial charge in [-0.1, -0.05) is 0 Å². The molecule has 3 aromatic rings. The Morgan fingerprint density at radius 3 is 2.21 bits per heavy atom. The zero-order valence-corrected chi connectivity index (χ0v) is 28.0. The van der Waals surface area contributed by atoms with Gasteiger partial charge < -0.3 is 15.0 Å². The summed E-state index contributed by atoms with van der Waals surface area (Å²) in [6.07, 6.45) is 2.55. The van der Waals surface area contributed by atoms with E-state index in [1.54, 1.807) is 14.0 Å². The number of anilines is 1. The largest absolute Gasteiger partial charge is 0.497 e. The fraction of sp³-hybridized carbons (Fsp3) is 0.424. The van der Waals surface area contributed by atoms with Crippen molar-refractivity contribution >= 4 is 68.7 Å². The zero-order valence-electron chi connectivity index (χ0n) is 26.4. The van der Waals surface area contributed by atoms with Gasteiger partial charge in [0.1, 0.15) is 26.9 Å². The Hall–Kier alpha value is -4.27. The van der Waals surface area contributed by atoms with Gasteiger partial charge in [-0.2, -0.15) is 0 Å². The van der Waals surface area contributed by atoms with E-state index in [2.05, 4.69) is 30.2 Å². The summed E-state index contributed by atoms with van der Waals surface area (Å²) in [7, 11) is 3.58. The van der Waals surface area contributed by atoms with Crippen LogP contribution in [-0.2, 0) is 6.42 Å². The molecule has 1 aromatic carbocycles. The topological polar surface area (TPSA) is 160 Å². The summed E-state index contributed by atoms with van der Waals surface area (Å²) in [5.74, 6) is -0.484. The molecule has 47 heavy (non-hydrogen) atoms. The van der Waals surface area contributed by atoms with Crippen LogP contribution in [0.5, 0.6) is 5.75 Å². The van der Waals surface area contributed by atoms with Crippen molar-refractivity contribution < 1.29 is 28.7 Å². The lowest BCUT2D eigenvalue weighted by Gasteiger charge is -2.25. The third-order valence-corrected chi connectivity index (χ3v) is 10.5. The summed E-state index contributed by atoms with van der Waals surface area (Å²) in [4.78, 5) is 84.6. The molecule has 0 radical (unpaired) electrons. The summed E-state index contributed by atoms with van der Waals surface area (Å²) in [6, 6.07) is 5.16. The Morgan fingerprint density at radius 2 is 1.57 bits per heavy atom. The molecule has 244 valence electrons. The van der Waals surface area contributed by atoms with Crippen molar-refractivity contribution in [3.8, 4) is 5.75 Å². The molecule has 1 unspecified atom stereocenters. The van der Waals surface area contributed by atoms with E-state index in [4.69, 9.17) is 4.74 Å². The van der Waals surface area contributed by atoms with Gasteiger partial charge in [0.05, 0.1) is 42.4 Å². The standard InChI is InChI=1S/C33H34N6O6S2/c1-17-36-26-28(42)22(15-24(40)31(26)46-17)34-10-4-12-39(2)13-5-11-35-23-16-25(41)32-27(29(23)43)38-33(47-32)30(44)21-8-6-18-14-19(45-3)7-9-20(18)37-21/h7,9,14,21,37H,4-6,8,10-13,15-16H2,1-3H3. The normalized spacial score (nSPS) is 19.2. The summed E-state index contributed by atoms with van der Waals surface area (Å²) in [5.41, 5.74) is 2.62. The quantitative estimate of drug-likeness (QED) is 0.229. The number of rotatable bonds is 11. The summed E-state index contributed by atoms with van der Waals surface area (Å²) >= 11 is 2.24. The van der Waals surface area contributed by atoms with Crippen LogP contribution in [0.4, 0.5) is 5.69 Å². The average Bonchev–Trinajstić information content (AvgIpc) is 3.70. The highest BCUT2D eigenvalue weighted by atomic mass is 32.1. The van der Waals surface area contributed by atoms with Crippen LogP contribution in [0.2, 0.25) is 0 Å². The zero-order chi connectivity index (χ0) is 33.2. The molecule has 0 amide bonds. The molecule has 14 heteroatoms. The number of ketones is 5. The number of methoxy groups -OCH3 is 1. The number of hydrogen-bond acceptors (Lipinski definition) is 14. The molecule has 1 aliphatic heterocycles. The first kappa shape index (κ1) is 32.7. The molecule has 6 rings (SSSR count). The Labute approximate surface area is 279 Å². The maximum Gasteiger partial charge on any atom is 0.227 e. The van der Waals surface area contributed by atoms with Crippen LogP contribution in [0.15, 0.2) is 28.2 Å². The third-order valence-electron chi connectivity index (χ3n) is 8.35. The number of ether oxygens (including phenoxy) is 1. The predicted molar refractivity (Wildman–Crippen MR) is 180 cm³/mol. The van der Waals surface area contributed by atoms with E-state index in [-0.39, 0.29) is 68.7 Å². The van der Waals surface area contributed by atoms with E-state index in [1.807, 2.05) is 25.2 Å². The number of Topliss-reactive ketones (excluding diaryl/α,β-unsaturated/α-hetero) is 5. The molecule has 1 atom stereocenters. The van der Waals surface area contributed by atoms with Crippen LogP contribution < -0.4 is 10.1 Å². The van der Waals surface area contributed by atoms with Crippen LogP contribution in [0.3, 0.4) is 0 Å². The Kier molecular flexibility index (Phi) is 9.62. The van der Waals surface area contributed by atoms with Crippen LogP contribution in [0, 0.1) is 6.92 Å². The lowest BCUT2D eigenvalue weighted by Crippen LogP contribution is -2.33. The number of carbonyl (C=O) groups excluding carboxylic acids is 5. The predicted octanol–water partition coefficient (Wildman–Crippen LogP) is 4.36. The number of nitrogens with zero attached hydrogens (tertiary/aromatic N) is 5. The molecular weight excluding hydrogens is 641 g/mol. The third kappa shape index (κ3) is 6.90. The van der Waals surface area contributed by atoms with E-state index in [0.717, 1.165) is 34.9 Å². The average molecular weight is 675 g/mol. The minimum Gasteiger partial charge on any atom is -0.497 e. The van der Waals surface area contributed by atoms with Crippen LogP contribution in [0.25, 0.3) is 0 Å². The maximum absolute atomic E-state index is 13.3. The number of hydrogen-bond donors (Lipinski definition) is 1. The molecule has 0 fully saturated rings. The molecule has 0 saturated heterocycles. The molecule has 0 bridgehead atoms. The molecule has 12 nitrogen and oxygen atoms in total. The molecular formula is C33H34N6O6S2. The highest BCUT2D eigenvalue weighted by Gasteiger charge is 2.36. The fourth-order valence-corrected chi connectivity index (χ4v) is 7.71. The second kappa shape index (κ2) is 13.8. The minimum atomic E-state index is -0.499. The number of aromatic nitrogens is 2. The second-order valence-electron chi connectivity index (χ2n) is 11.8. The van der Waals surface area contributed by atoms with E-state index >= 15 is 0 Å². The van der Waals surface area contributed by atoms with Gasteiger partial charge in [0, 0.05) is 18.8 Å². The van der Waals surface area contributed by atoms with Gasteiger partial charge in [-0.15, -0.1) is 22.7 Å². The first-order valence-corrected chi connectivity index (χ1v) is 17.1. The summed E-state index contributed by atoms with van der Waals surface area (Å²) in [6.45, 7) is 4.00. The highest BCUT2D eigenvalue weighted by Crippen LogP contribution is 2.32. The first-order valence-electron chi connectivity index (χ1n) is 15.5. The lowest BCUT2D eigenvalue weighted by molar-refractivity contribution is 0.0957. The van der Waals surface area contributed by atoms with Crippen molar-refractivity contribution in [2.75, 3.05) is 45.7 Å². The molecule has 1 N–H and O–H groups in total. The van der Waals surface area contributed by atoms with Crippen LogP contribution >= 0.6 is 22.7 Å². The van der Waals surface area contributed by atoms with Crippen LogP contribution in [-0.4, -0.2) is 102 Å². The number of carbonyl (C=O) groups is 5. The number of aliphatic imine (C=N–C) groups is 2. The molecule has 2 aliphatic carbocycles. The second-order valence-corrected chi connectivity index (χ2v) is 14.0. The minimum absolute atomic E-state index is 0.0207.